The Morgan fingerprint density at radius 3 is 1.75 bits per heavy atom. The molecule has 2 fully saturated rings. The van der Waals surface area contributed by atoms with Crippen LogP contribution in [0.3, 0.4) is 0 Å². The minimum absolute atomic E-state index is 0. The van der Waals surface area contributed by atoms with Gasteiger partial charge < -0.3 is 15.0 Å². The minimum atomic E-state index is -0.227. The summed E-state index contributed by atoms with van der Waals surface area (Å²) in [5.74, 6) is 0. The number of halogens is 1. The molecule has 0 bridgehead atoms. The lowest BCUT2D eigenvalue weighted by molar-refractivity contribution is 0.00578. The predicted molar refractivity (Wildman–Crippen MR) is 68.9 cm³/mol. The van der Waals surface area contributed by atoms with Crippen LogP contribution in [-0.4, -0.2) is 24.9 Å². The van der Waals surface area contributed by atoms with Crippen LogP contribution in [0.25, 0.3) is 0 Å². The van der Waals surface area contributed by atoms with Gasteiger partial charge in [-0.3, -0.25) is 0 Å². The molecule has 0 atom stereocenters. The molecule has 0 unspecified atom stereocenters. The molecule has 0 radical (unpaired) electrons. The standard InChI is InChI=1S/C11H22BNO2.ClH/c1-9(2)10(3,4)15-12(14-9)11(8-13)6-5-7-11;/h5-8,13H2,1-4H3;1H. The van der Waals surface area contributed by atoms with E-state index in [1.165, 1.54) is 6.42 Å². The Hall–Kier alpha value is 0.235. The molecule has 94 valence electrons. The smallest absolute Gasteiger partial charge is 0.403 e. The lowest BCUT2D eigenvalue weighted by Gasteiger charge is -2.41. The summed E-state index contributed by atoms with van der Waals surface area (Å²) in [6.45, 7) is 9.04. The van der Waals surface area contributed by atoms with Gasteiger partial charge in [0.1, 0.15) is 0 Å². The maximum absolute atomic E-state index is 6.06. The van der Waals surface area contributed by atoms with Crippen molar-refractivity contribution in [2.45, 2.75) is 63.5 Å². The molecule has 1 aliphatic carbocycles. The van der Waals surface area contributed by atoms with Crippen molar-refractivity contribution in [2.75, 3.05) is 6.54 Å². The van der Waals surface area contributed by atoms with Crippen LogP contribution in [0.5, 0.6) is 0 Å². The lowest BCUT2D eigenvalue weighted by atomic mass is 9.47. The van der Waals surface area contributed by atoms with Crippen LogP contribution >= 0.6 is 12.4 Å². The monoisotopic (exact) mass is 247 g/mol. The summed E-state index contributed by atoms with van der Waals surface area (Å²) in [7, 11) is -0.110. The number of nitrogens with two attached hydrogens (primary N) is 1. The third-order valence-electron chi connectivity index (χ3n) is 4.51. The van der Waals surface area contributed by atoms with Gasteiger partial charge in [-0.1, -0.05) is 6.42 Å². The van der Waals surface area contributed by atoms with Gasteiger partial charge in [-0.15, -0.1) is 12.4 Å². The number of rotatable bonds is 2. The van der Waals surface area contributed by atoms with Crippen molar-refractivity contribution in [3.05, 3.63) is 0 Å². The van der Waals surface area contributed by atoms with E-state index in [1.54, 1.807) is 0 Å². The molecule has 1 heterocycles. The molecule has 5 heteroatoms. The van der Waals surface area contributed by atoms with E-state index in [-0.39, 0.29) is 36.0 Å². The van der Waals surface area contributed by atoms with Gasteiger partial charge in [0.25, 0.3) is 0 Å². The summed E-state index contributed by atoms with van der Waals surface area (Å²) in [5.41, 5.74) is 5.41. The molecule has 2 N–H and O–H groups in total. The summed E-state index contributed by atoms with van der Waals surface area (Å²) in [6, 6.07) is 0. The average Bonchev–Trinajstić information content (AvgIpc) is 2.20. The Balaban J connectivity index is 0.00000128. The number of hydrogen-bond acceptors (Lipinski definition) is 3. The van der Waals surface area contributed by atoms with Gasteiger partial charge in [-0.2, -0.15) is 0 Å². The molecule has 0 aromatic carbocycles. The van der Waals surface area contributed by atoms with Gasteiger partial charge in [-0.25, -0.2) is 0 Å². The van der Waals surface area contributed by atoms with Gasteiger partial charge >= 0.3 is 7.12 Å². The highest BCUT2D eigenvalue weighted by Crippen LogP contribution is 2.55. The third kappa shape index (κ3) is 1.90. The van der Waals surface area contributed by atoms with Crippen LogP contribution in [0.1, 0.15) is 47.0 Å². The summed E-state index contributed by atoms with van der Waals surface area (Å²) in [6.07, 6.45) is 3.53. The van der Waals surface area contributed by atoms with E-state index in [4.69, 9.17) is 15.0 Å². The molecule has 1 aliphatic heterocycles. The highest BCUT2D eigenvalue weighted by molar-refractivity contribution is 6.50. The van der Waals surface area contributed by atoms with Crippen LogP contribution in [0, 0.1) is 0 Å². The first-order valence-corrected chi connectivity index (χ1v) is 5.89. The summed E-state index contributed by atoms with van der Waals surface area (Å²) in [5, 5.41) is 0.0883. The fourth-order valence-electron chi connectivity index (χ4n) is 2.26. The second-order valence-electron chi connectivity index (χ2n) is 6.01. The summed E-state index contributed by atoms with van der Waals surface area (Å²) >= 11 is 0. The van der Waals surface area contributed by atoms with Crippen LogP contribution in [0.4, 0.5) is 0 Å². The van der Waals surface area contributed by atoms with Crippen LogP contribution in [-0.2, 0) is 9.31 Å². The fraction of sp³-hybridized carbons (Fsp3) is 1.00. The second-order valence-corrected chi connectivity index (χ2v) is 6.01. The van der Waals surface area contributed by atoms with Crippen molar-refractivity contribution in [1.29, 1.82) is 0 Å². The van der Waals surface area contributed by atoms with Crippen molar-refractivity contribution in [1.82, 2.24) is 0 Å². The van der Waals surface area contributed by atoms with E-state index in [0.717, 1.165) is 12.8 Å². The topological polar surface area (TPSA) is 44.5 Å². The van der Waals surface area contributed by atoms with Crippen LogP contribution in [0.2, 0.25) is 5.31 Å². The molecule has 0 amide bonds. The maximum Gasteiger partial charge on any atom is 0.465 e. The molecule has 2 aliphatic rings. The van der Waals surface area contributed by atoms with Crippen LogP contribution < -0.4 is 5.73 Å². The Bertz CT molecular complexity index is 245. The molecule has 16 heavy (non-hydrogen) atoms. The molecular weight excluding hydrogens is 224 g/mol. The van der Waals surface area contributed by atoms with E-state index in [1.807, 2.05) is 0 Å². The predicted octanol–water partition coefficient (Wildman–Crippen LogP) is 2.38. The van der Waals surface area contributed by atoms with Gasteiger partial charge in [0.2, 0.25) is 0 Å². The molecule has 3 nitrogen and oxygen atoms in total. The highest BCUT2D eigenvalue weighted by Gasteiger charge is 2.60. The lowest BCUT2D eigenvalue weighted by Crippen LogP contribution is -2.45. The van der Waals surface area contributed by atoms with Gasteiger partial charge in [0, 0.05) is 5.31 Å². The SMILES string of the molecule is CC1(C)OB(C2(CN)CCC2)OC1(C)C.Cl. The first-order chi connectivity index (χ1) is 6.83. The second kappa shape index (κ2) is 4.16. The summed E-state index contributed by atoms with van der Waals surface area (Å²) < 4.78 is 12.1. The van der Waals surface area contributed by atoms with Gasteiger partial charge in [0.05, 0.1) is 11.2 Å². The molecule has 0 aromatic heterocycles. The van der Waals surface area contributed by atoms with E-state index in [2.05, 4.69) is 27.7 Å². The first-order valence-electron chi connectivity index (χ1n) is 5.89. The van der Waals surface area contributed by atoms with Crippen molar-refractivity contribution in [3.63, 3.8) is 0 Å². The number of hydrogen-bond donors (Lipinski definition) is 1. The largest absolute Gasteiger partial charge is 0.465 e. The zero-order chi connectivity index (χ0) is 11.3. The molecule has 2 rings (SSSR count). The first kappa shape index (κ1) is 14.3. The third-order valence-corrected chi connectivity index (χ3v) is 4.51. The average molecular weight is 248 g/mol. The van der Waals surface area contributed by atoms with E-state index in [9.17, 15) is 0 Å². The fourth-order valence-corrected chi connectivity index (χ4v) is 2.26. The zero-order valence-corrected chi connectivity index (χ0v) is 11.5. The van der Waals surface area contributed by atoms with E-state index >= 15 is 0 Å². The van der Waals surface area contributed by atoms with Crippen LogP contribution in [0.15, 0.2) is 0 Å². The molecule has 0 aromatic rings. The quantitative estimate of drug-likeness (QED) is 0.762. The molecular formula is C11H23BClNO2. The molecule has 0 spiro atoms. The molecule has 1 saturated heterocycles. The van der Waals surface area contributed by atoms with Gasteiger partial charge in [-0.05, 0) is 47.1 Å². The minimum Gasteiger partial charge on any atom is -0.403 e. The Morgan fingerprint density at radius 1 is 1.06 bits per heavy atom. The van der Waals surface area contributed by atoms with Crippen molar-refractivity contribution in [3.8, 4) is 0 Å². The Morgan fingerprint density at radius 2 is 1.50 bits per heavy atom. The Kier molecular flexibility index (Phi) is 3.72. The highest BCUT2D eigenvalue weighted by atomic mass is 35.5. The van der Waals surface area contributed by atoms with Crippen molar-refractivity contribution < 1.29 is 9.31 Å². The van der Waals surface area contributed by atoms with Crippen molar-refractivity contribution >= 4 is 19.5 Å². The van der Waals surface area contributed by atoms with E-state index < -0.39 is 0 Å². The van der Waals surface area contributed by atoms with Gasteiger partial charge in [0.15, 0.2) is 0 Å². The Labute approximate surface area is 105 Å². The normalized spacial score (nSPS) is 29.4. The summed E-state index contributed by atoms with van der Waals surface area (Å²) in [4.78, 5) is 0. The van der Waals surface area contributed by atoms with E-state index in [0.29, 0.717) is 6.54 Å². The van der Waals surface area contributed by atoms with Crippen molar-refractivity contribution in [2.24, 2.45) is 5.73 Å². The molecule has 1 saturated carbocycles. The maximum atomic E-state index is 6.06. The zero-order valence-electron chi connectivity index (χ0n) is 10.7.